The highest BCUT2D eigenvalue weighted by Crippen LogP contribution is 2.31. The van der Waals surface area contributed by atoms with Crippen molar-refractivity contribution >= 4 is 46.4 Å². The van der Waals surface area contributed by atoms with Crippen molar-refractivity contribution in [3.05, 3.63) is 65.7 Å². The molecule has 0 spiro atoms. The van der Waals surface area contributed by atoms with Crippen molar-refractivity contribution in [3.63, 3.8) is 0 Å². The van der Waals surface area contributed by atoms with E-state index in [9.17, 15) is 4.79 Å². The minimum Gasteiger partial charge on any atom is -0.362 e. The van der Waals surface area contributed by atoms with Crippen molar-refractivity contribution < 1.29 is 4.79 Å². The van der Waals surface area contributed by atoms with Crippen LogP contribution in [0, 0.1) is 6.92 Å². The molecule has 2 rings (SSSR count). The molecule has 0 heterocycles. The van der Waals surface area contributed by atoms with Gasteiger partial charge in [-0.05, 0) is 24.6 Å². The molecule has 0 aliphatic rings. The van der Waals surface area contributed by atoms with E-state index < -0.39 is 9.96 Å². The SMILES string of the molecule is Cc1ccc(N[C@@H](NC(=O)Cc2ccccc2)C(Cl)(Cl)Cl)cc1. The molecule has 0 saturated carbocycles. The van der Waals surface area contributed by atoms with E-state index >= 15 is 0 Å². The molecule has 0 aromatic heterocycles. The molecule has 0 bridgehead atoms. The largest absolute Gasteiger partial charge is 0.362 e. The number of alkyl halides is 3. The summed E-state index contributed by atoms with van der Waals surface area (Å²) in [6, 6.07) is 17.0. The van der Waals surface area contributed by atoms with Gasteiger partial charge in [0.1, 0.15) is 6.17 Å². The molecule has 2 N–H and O–H groups in total. The van der Waals surface area contributed by atoms with Crippen molar-refractivity contribution in [1.82, 2.24) is 5.32 Å². The van der Waals surface area contributed by atoms with Crippen molar-refractivity contribution in [3.8, 4) is 0 Å². The van der Waals surface area contributed by atoms with E-state index in [1.54, 1.807) is 0 Å². The third kappa shape index (κ3) is 5.94. The quantitative estimate of drug-likeness (QED) is 0.602. The Balaban J connectivity index is 2.04. The van der Waals surface area contributed by atoms with Gasteiger partial charge in [-0.2, -0.15) is 0 Å². The molecule has 23 heavy (non-hydrogen) atoms. The Morgan fingerprint density at radius 1 is 1.04 bits per heavy atom. The summed E-state index contributed by atoms with van der Waals surface area (Å²) in [5.74, 6) is -0.230. The Morgan fingerprint density at radius 3 is 2.22 bits per heavy atom. The number of amides is 1. The molecule has 1 amide bonds. The Bertz CT molecular complexity index is 639. The van der Waals surface area contributed by atoms with E-state index in [0.29, 0.717) is 0 Å². The number of carbonyl (C=O) groups excluding carboxylic acids is 1. The molecule has 2 aromatic carbocycles. The van der Waals surface area contributed by atoms with Crippen LogP contribution in [0.15, 0.2) is 54.6 Å². The van der Waals surface area contributed by atoms with Gasteiger partial charge in [0.15, 0.2) is 0 Å². The molecule has 1 atom stereocenters. The average Bonchev–Trinajstić information content (AvgIpc) is 2.49. The summed E-state index contributed by atoms with van der Waals surface area (Å²) >= 11 is 17.9. The van der Waals surface area contributed by atoms with E-state index in [-0.39, 0.29) is 12.3 Å². The summed E-state index contributed by atoms with van der Waals surface area (Å²) in [6.07, 6.45) is -0.625. The number of anilines is 1. The third-order valence-electron chi connectivity index (χ3n) is 3.20. The molecular weight excluding hydrogens is 355 g/mol. The molecule has 2 aromatic rings. The fourth-order valence-electron chi connectivity index (χ4n) is 2.01. The Labute approximate surface area is 150 Å². The molecule has 0 aliphatic carbocycles. The van der Waals surface area contributed by atoms with Crippen LogP contribution in [0.2, 0.25) is 0 Å². The first kappa shape index (κ1) is 17.9. The number of hydrogen-bond donors (Lipinski definition) is 2. The molecule has 122 valence electrons. The number of benzene rings is 2. The number of carbonyl (C=O) groups is 1. The van der Waals surface area contributed by atoms with Crippen LogP contribution in [-0.4, -0.2) is 15.9 Å². The van der Waals surface area contributed by atoms with Crippen molar-refractivity contribution in [2.24, 2.45) is 0 Å². The van der Waals surface area contributed by atoms with E-state index in [1.807, 2.05) is 61.5 Å². The van der Waals surface area contributed by atoms with E-state index in [1.165, 1.54) is 0 Å². The zero-order valence-electron chi connectivity index (χ0n) is 12.5. The number of nitrogens with one attached hydrogen (secondary N) is 2. The van der Waals surface area contributed by atoms with Gasteiger partial charge in [-0.25, -0.2) is 0 Å². The van der Waals surface area contributed by atoms with Gasteiger partial charge in [0.25, 0.3) is 0 Å². The van der Waals surface area contributed by atoms with Crippen LogP contribution in [0.3, 0.4) is 0 Å². The summed E-state index contributed by atoms with van der Waals surface area (Å²) in [5.41, 5.74) is 2.77. The summed E-state index contributed by atoms with van der Waals surface area (Å²) in [7, 11) is 0. The predicted octanol–water partition coefficient (Wildman–Crippen LogP) is 4.46. The zero-order chi connectivity index (χ0) is 16.9. The first-order valence-electron chi connectivity index (χ1n) is 7.08. The smallest absolute Gasteiger partial charge is 0.228 e. The van der Waals surface area contributed by atoms with Gasteiger partial charge in [0.05, 0.1) is 6.42 Å². The number of hydrogen-bond acceptors (Lipinski definition) is 2. The minimum absolute atomic E-state index is 0.216. The second kappa shape index (κ2) is 7.91. The maximum Gasteiger partial charge on any atom is 0.228 e. The van der Waals surface area contributed by atoms with E-state index in [4.69, 9.17) is 34.8 Å². The van der Waals surface area contributed by atoms with Crippen LogP contribution in [0.4, 0.5) is 5.69 Å². The first-order chi connectivity index (χ1) is 10.8. The molecule has 0 fully saturated rings. The summed E-state index contributed by atoms with van der Waals surface area (Å²) in [5, 5.41) is 5.76. The van der Waals surface area contributed by atoms with E-state index in [2.05, 4.69) is 10.6 Å². The molecule has 0 radical (unpaired) electrons. The lowest BCUT2D eigenvalue weighted by atomic mass is 10.1. The molecule has 0 saturated heterocycles. The average molecular weight is 372 g/mol. The highest BCUT2D eigenvalue weighted by atomic mass is 35.6. The Kier molecular flexibility index (Phi) is 6.17. The van der Waals surface area contributed by atoms with Gasteiger partial charge in [-0.15, -0.1) is 0 Å². The van der Waals surface area contributed by atoms with Crippen LogP contribution >= 0.6 is 34.8 Å². The predicted molar refractivity (Wildman–Crippen MR) is 97.2 cm³/mol. The van der Waals surface area contributed by atoms with Gasteiger partial charge in [0.2, 0.25) is 9.70 Å². The molecule has 3 nitrogen and oxygen atoms in total. The topological polar surface area (TPSA) is 41.1 Å². The van der Waals surface area contributed by atoms with Crippen LogP contribution in [-0.2, 0) is 11.2 Å². The lowest BCUT2D eigenvalue weighted by Gasteiger charge is -2.27. The second-order valence-corrected chi connectivity index (χ2v) is 7.58. The highest BCUT2D eigenvalue weighted by molar-refractivity contribution is 6.68. The normalized spacial score (nSPS) is 12.5. The van der Waals surface area contributed by atoms with Crippen LogP contribution < -0.4 is 10.6 Å². The van der Waals surface area contributed by atoms with Crippen molar-refractivity contribution in [2.75, 3.05) is 5.32 Å². The number of rotatable bonds is 5. The summed E-state index contributed by atoms with van der Waals surface area (Å²) < 4.78 is -1.68. The van der Waals surface area contributed by atoms with Crippen molar-refractivity contribution in [1.29, 1.82) is 0 Å². The van der Waals surface area contributed by atoms with Crippen LogP contribution in [0.1, 0.15) is 11.1 Å². The third-order valence-corrected chi connectivity index (χ3v) is 3.86. The molecular formula is C17H17Cl3N2O. The molecule has 6 heteroatoms. The lowest BCUT2D eigenvalue weighted by Crippen LogP contribution is -2.49. The lowest BCUT2D eigenvalue weighted by molar-refractivity contribution is -0.120. The van der Waals surface area contributed by atoms with E-state index in [0.717, 1.165) is 16.8 Å². The molecule has 0 aliphatic heterocycles. The standard InChI is InChI=1S/C17H17Cl3N2O/c1-12-7-9-14(10-8-12)21-16(17(18,19)20)22-15(23)11-13-5-3-2-4-6-13/h2-10,16,21H,11H2,1H3,(H,22,23)/t16-/m0/s1. The monoisotopic (exact) mass is 370 g/mol. The van der Waals surface area contributed by atoms with Crippen molar-refractivity contribution in [2.45, 2.75) is 23.3 Å². The molecule has 0 unspecified atom stereocenters. The summed E-state index contributed by atoms with van der Waals surface area (Å²) in [4.78, 5) is 12.2. The zero-order valence-corrected chi connectivity index (χ0v) is 14.8. The second-order valence-electron chi connectivity index (χ2n) is 5.21. The fourth-order valence-corrected chi connectivity index (χ4v) is 2.34. The number of halogens is 3. The van der Waals surface area contributed by atoms with Gasteiger partial charge >= 0.3 is 0 Å². The Morgan fingerprint density at radius 2 is 1.65 bits per heavy atom. The Hall–Kier alpha value is -1.42. The maximum atomic E-state index is 12.2. The minimum atomic E-state index is -1.68. The fraction of sp³-hybridized carbons (Fsp3) is 0.235. The highest BCUT2D eigenvalue weighted by Gasteiger charge is 2.34. The number of aryl methyl sites for hydroxylation is 1. The van der Waals surface area contributed by atoms with Gasteiger partial charge in [-0.3, -0.25) is 4.79 Å². The summed E-state index contributed by atoms with van der Waals surface area (Å²) in [6.45, 7) is 1.98. The van der Waals surface area contributed by atoms with Crippen LogP contribution in [0.25, 0.3) is 0 Å². The van der Waals surface area contributed by atoms with Gasteiger partial charge < -0.3 is 10.6 Å². The van der Waals surface area contributed by atoms with Gasteiger partial charge in [0, 0.05) is 5.69 Å². The first-order valence-corrected chi connectivity index (χ1v) is 8.21. The maximum absolute atomic E-state index is 12.2. The van der Waals surface area contributed by atoms with Gasteiger partial charge in [-0.1, -0.05) is 82.8 Å². The van der Waals surface area contributed by atoms with Crippen LogP contribution in [0.5, 0.6) is 0 Å².